The van der Waals surface area contributed by atoms with Gasteiger partial charge in [0.2, 0.25) is 5.88 Å². The molecule has 3 heteroatoms. The Morgan fingerprint density at radius 3 is 2.86 bits per heavy atom. The first-order chi connectivity index (χ1) is 6.93. The van der Waals surface area contributed by atoms with E-state index in [2.05, 4.69) is 5.10 Å². The molecule has 0 radical (unpaired) electrons. The van der Waals surface area contributed by atoms with Crippen LogP contribution in [0, 0.1) is 0 Å². The zero-order valence-electron chi connectivity index (χ0n) is 7.42. The van der Waals surface area contributed by atoms with E-state index < -0.39 is 0 Å². The van der Waals surface area contributed by atoms with Crippen molar-refractivity contribution in [2.45, 2.75) is 0 Å². The van der Waals surface area contributed by atoms with Gasteiger partial charge in [-0.25, -0.2) is 4.68 Å². The molecule has 2 aromatic heterocycles. The van der Waals surface area contributed by atoms with Crippen molar-refractivity contribution in [1.29, 1.82) is 0 Å². The third-order valence-electron chi connectivity index (χ3n) is 2.14. The molecule has 3 rings (SSSR count). The van der Waals surface area contributed by atoms with Gasteiger partial charge >= 0.3 is 0 Å². The molecule has 0 amide bonds. The Labute approximate surface area is 80.6 Å². The van der Waals surface area contributed by atoms with E-state index in [4.69, 9.17) is 4.42 Å². The molecule has 0 aliphatic heterocycles. The minimum Gasteiger partial charge on any atom is -0.438 e. The summed E-state index contributed by atoms with van der Waals surface area (Å²) in [6.07, 6.45) is 3.59. The van der Waals surface area contributed by atoms with Gasteiger partial charge in [-0.1, -0.05) is 18.2 Å². The van der Waals surface area contributed by atoms with Gasteiger partial charge in [0, 0.05) is 23.8 Å². The monoisotopic (exact) mass is 184 g/mol. The zero-order valence-corrected chi connectivity index (χ0v) is 7.42. The topological polar surface area (TPSA) is 31.0 Å². The SMILES string of the molecule is c1ccc2oc(-n3cccn3)cc2c1. The Hall–Kier alpha value is -2.03. The Balaban J connectivity index is 2.24. The molecule has 0 saturated carbocycles. The van der Waals surface area contributed by atoms with Gasteiger partial charge in [-0.05, 0) is 12.1 Å². The molecule has 68 valence electrons. The van der Waals surface area contributed by atoms with E-state index in [-0.39, 0.29) is 0 Å². The number of hydrogen-bond acceptors (Lipinski definition) is 2. The molecule has 1 aromatic carbocycles. The average molecular weight is 184 g/mol. The predicted molar refractivity (Wildman–Crippen MR) is 53.3 cm³/mol. The van der Waals surface area contributed by atoms with Crippen LogP contribution in [0.1, 0.15) is 0 Å². The van der Waals surface area contributed by atoms with Gasteiger partial charge in [0.05, 0.1) is 0 Å². The van der Waals surface area contributed by atoms with Crippen molar-refractivity contribution in [3.8, 4) is 5.88 Å². The van der Waals surface area contributed by atoms with Crippen molar-refractivity contribution in [2.75, 3.05) is 0 Å². The molecule has 14 heavy (non-hydrogen) atoms. The Bertz CT molecular complexity index is 518. The van der Waals surface area contributed by atoms with Crippen LogP contribution in [0.5, 0.6) is 0 Å². The minimum absolute atomic E-state index is 0.746. The number of benzene rings is 1. The second-order valence-corrected chi connectivity index (χ2v) is 3.07. The van der Waals surface area contributed by atoms with Crippen LogP contribution in [0.25, 0.3) is 16.9 Å². The molecule has 0 aliphatic carbocycles. The molecule has 0 fully saturated rings. The molecule has 3 aromatic rings. The molecule has 0 N–H and O–H groups in total. The maximum Gasteiger partial charge on any atom is 0.221 e. The second-order valence-electron chi connectivity index (χ2n) is 3.07. The van der Waals surface area contributed by atoms with Crippen molar-refractivity contribution in [3.63, 3.8) is 0 Å². The summed E-state index contributed by atoms with van der Waals surface area (Å²) in [5.74, 6) is 0.746. The van der Waals surface area contributed by atoms with Crippen molar-refractivity contribution in [1.82, 2.24) is 9.78 Å². The molecule has 0 aliphatic rings. The first-order valence-corrected chi connectivity index (χ1v) is 4.42. The van der Waals surface area contributed by atoms with E-state index >= 15 is 0 Å². The third-order valence-corrected chi connectivity index (χ3v) is 2.14. The van der Waals surface area contributed by atoms with Gasteiger partial charge in [0.15, 0.2) is 0 Å². The number of aromatic nitrogens is 2. The lowest BCUT2D eigenvalue weighted by Gasteiger charge is -1.91. The lowest BCUT2D eigenvalue weighted by molar-refractivity contribution is 0.559. The average Bonchev–Trinajstić information content (AvgIpc) is 2.86. The van der Waals surface area contributed by atoms with E-state index in [1.807, 2.05) is 42.6 Å². The van der Waals surface area contributed by atoms with Gasteiger partial charge in [0.1, 0.15) is 5.58 Å². The molecule has 0 unspecified atom stereocenters. The Morgan fingerprint density at radius 2 is 2.07 bits per heavy atom. The highest BCUT2D eigenvalue weighted by molar-refractivity contribution is 5.79. The van der Waals surface area contributed by atoms with Crippen LogP contribution < -0.4 is 0 Å². The largest absolute Gasteiger partial charge is 0.438 e. The summed E-state index contributed by atoms with van der Waals surface area (Å²) in [6.45, 7) is 0. The highest BCUT2D eigenvalue weighted by Gasteiger charge is 2.03. The van der Waals surface area contributed by atoms with Gasteiger partial charge in [0.25, 0.3) is 0 Å². The van der Waals surface area contributed by atoms with Crippen molar-refractivity contribution in [3.05, 3.63) is 48.8 Å². The number of rotatable bonds is 1. The van der Waals surface area contributed by atoms with Crippen LogP contribution in [0.15, 0.2) is 53.2 Å². The van der Waals surface area contributed by atoms with Crippen molar-refractivity contribution >= 4 is 11.0 Å². The quantitative estimate of drug-likeness (QED) is 0.582. The first-order valence-electron chi connectivity index (χ1n) is 4.42. The van der Waals surface area contributed by atoms with Crippen LogP contribution in [-0.2, 0) is 0 Å². The molecule has 0 bridgehead atoms. The molecule has 2 heterocycles. The van der Waals surface area contributed by atoms with Gasteiger partial charge in [-0.15, -0.1) is 0 Å². The molecule has 0 atom stereocenters. The fourth-order valence-electron chi connectivity index (χ4n) is 1.48. The van der Waals surface area contributed by atoms with E-state index in [1.54, 1.807) is 10.9 Å². The number of nitrogens with zero attached hydrogens (tertiary/aromatic N) is 2. The maximum absolute atomic E-state index is 5.61. The summed E-state index contributed by atoms with van der Waals surface area (Å²) in [6, 6.07) is 11.8. The predicted octanol–water partition coefficient (Wildman–Crippen LogP) is 2.62. The summed E-state index contributed by atoms with van der Waals surface area (Å²) < 4.78 is 7.32. The highest BCUT2D eigenvalue weighted by atomic mass is 16.4. The van der Waals surface area contributed by atoms with E-state index in [0.29, 0.717) is 0 Å². The first kappa shape index (κ1) is 7.38. The lowest BCUT2D eigenvalue weighted by Crippen LogP contribution is -1.89. The summed E-state index contributed by atoms with van der Waals surface area (Å²) >= 11 is 0. The van der Waals surface area contributed by atoms with Crippen LogP contribution >= 0.6 is 0 Å². The third kappa shape index (κ3) is 1.03. The zero-order chi connectivity index (χ0) is 9.38. The molecule has 3 nitrogen and oxygen atoms in total. The van der Waals surface area contributed by atoms with Crippen molar-refractivity contribution < 1.29 is 4.42 Å². The molecular formula is C11H8N2O. The standard InChI is InChI=1S/C11H8N2O/c1-2-5-10-9(4-1)8-11(14-10)13-7-3-6-12-13/h1-8H. The van der Waals surface area contributed by atoms with Gasteiger partial charge in [-0.3, -0.25) is 0 Å². The van der Waals surface area contributed by atoms with E-state index in [0.717, 1.165) is 16.9 Å². The molecular weight excluding hydrogens is 176 g/mol. The van der Waals surface area contributed by atoms with Crippen LogP contribution in [0.2, 0.25) is 0 Å². The summed E-state index contributed by atoms with van der Waals surface area (Å²) in [5, 5.41) is 5.20. The number of fused-ring (bicyclic) bond motifs is 1. The normalized spacial score (nSPS) is 10.9. The van der Waals surface area contributed by atoms with Crippen LogP contribution in [0.3, 0.4) is 0 Å². The Morgan fingerprint density at radius 1 is 1.14 bits per heavy atom. The fraction of sp³-hybridized carbons (Fsp3) is 0. The van der Waals surface area contributed by atoms with Crippen molar-refractivity contribution in [2.24, 2.45) is 0 Å². The number of para-hydroxylation sites is 1. The summed E-state index contributed by atoms with van der Waals surface area (Å²) in [5.41, 5.74) is 0.887. The lowest BCUT2D eigenvalue weighted by atomic mass is 10.3. The van der Waals surface area contributed by atoms with Gasteiger partial charge in [-0.2, -0.15) is 5.10 Å². The maximum atomic E-state index is 5.61. The number of hydrogen-bond donors (Lipinski definition) is 0. The van der Waals surface area contributed by atoms with E-state index in [9.17, 15) is 0 Å². The van der Waals surface area contributed by atoms with Crippen LogP contribution in [-0.4, -0.2) is 9.78 Å². The molecule has 0 saturated heterocycles. The Kier molecular flexibility index (Phi) is 1.44. The molecule has 0 spiro atoms. The van der Waals surface area contributed by atoms with E-state index in [1.165, 1.54) is 0 Å². The van der Waals surface area contributed by atoms with Crippen LogP contribution in [0.4, 0.5) is 0 Å². The highest BCUT2D eigenvalue weighted by Crippen LogP contribution is 2.20. The number of furan rings is 1. The summed E-state index contributed by atoms with van der Waals surface area (Å²) in [4.78, 5) is 0. The summed E-state index contributed by atoms with van der Waals surface area (Å²) in [7, 11) is 0. The van der Waals surface area contributed by atoms with Gasteiger partial charge < -0.3 is 4.42 Å². The fourth-order valence-corrected chi connectivity index (χ4v) is 1.48. The smallest absolute Gasteiger partial charge is 0.221 e. The second kappa shape index (κ2) is 2.73. The minimum atomic E-state index is 0.746.